The summed E-state index contributed by atoms with van der Waals surface area (Å²) in [7, 11) is 1.89. The molecule has 1 aliphatic heterocycles. The lowest BCUT2D eigenvalue weighted by molar-refractivity contribution is 0.0889. The van der Waals surface area contributed by atoms with Gasteiger partial charge in [-0.15, -0.1) is 0 Å². The van der Waals surface area contributed by atoms with Crippen molar-refractivity contribution in [2.75, 3.05) is 6.54 Å². The molecule has 0 saturated carbocycles. The molecule has 3 atom stereocenters. The largest absolute Gasteiger partial charge is 0.347 e. The third-order valence-corrected chi connectivity index (χ3v) is 3.69. The van der Waals surface area contributed by atoms with E-state index in [0.717, 1.165) is 18.7 Å². The van der Waals surface area contributed by atoms with Crippen molar-refractivity contribution >= 4 is 5.91 Å². The van der Waals surface area contributed by atoms with E-state index < -0.39 is 0 Å². The minimum atomic E-state index is 0.0184. The maximum absolute atomic E-state index is 12.1. The van der Waals surface area contributed by atoms with Gasteiger partial charge in [-0.3, -0.25) is 4.79 Å². The Balaban J connectivity index is 2.05. The fraction of sp³-hybridized carbons (Fsp3) is 0.615. The fourth-order valence-corrected chi connectivity index (χ4v) is 2.53. The second-order valence-electron chi connectivity index (χ2n) is 5.01. The molecule has 1 fully saturated rings. The summed E-state index contributed by atoms with van der Waals surface area (Å²) in [6, 6.07) is 4.29. The van der Waals surface area contributed by atoms with Crippen molar-refractivity contribution in [2.45, 2.75) is 32.4 Å². The zero-order valence-electron chi connectivity index (χ0n) is 10.7. The molecule has 2 rings (SSSR count). The minimum absolute atomic E-state index is 0.0184. The summed E-state index contributed by atoms with van der Waals surface area (Å²) >= 11 is 0. The second-order valence-corrected chi connectivity index (χ2v) is 5.01. The third kappa shape index (κ3) is 2.52. The van der Waals surface area contributed by atoms with E-state index in [1.54, 1.807) is 0 Å². The first-order valence-corrected chi connectivity index (χ1v) is 6.25. The number of carbonyl (C=O) groups is 1. The van der Waals surface area contributed by atoms with Gasteiger partial charge in [0, 0.05) is 25.3 Å². The highest BCUT2D eigenvalue weighted by atomic mass is 16.2. The number of aryl methyl sites for hydroxylation is 1. The summed E-state index contributed by atoms with van der Waals surface area (Å²) in [5, 5.41) is 6.55. The SMILES string of the molecule is CC1CCNC(C)C1NC(=O)c1cccn1C. The highest BCUT2D eigenvalue weighted by molar-refractivity contribution is 5.93. The van der Waals surface area contributed by atoms with Gasteiger partial charge in [-0.2, -0.15) is 0 Å². The average molecular weight is 235 g/mol. The van der Waals surface area contributed by atoms with Crippen LogP contribution in [0.1, 0.15) is 30.8 Å². The molecule has 0 bridgehead atoms. The number of hydrogen-bond donors (Lipinski definition) is 2. The molecule has 17 heavy (non-hydrogen) atoms. The predicted molar refractivity (Wildman–Crippen MR) is 67.9 cm³/mol. The van der Waals surface area contributed by atoms with Gasteiger partial charge in [0.05, 0.1) is 0 Å². The lowest BCUT2D eigenvalue weighted by Crippen LogP contribution is -2.56. The number of hydrogen-bond acceptors (Lipinski definition) is 2. The molecule has 4 nitrogen and oxygen atoms in total. The van der Waals surface area contributed by atoms with E-state index >= 15 is 0 Å². The van der Waals surface area contributed by atoms with Gasteiger partial charge in [-0.05, 0) is 37.9 Å². The maximum atomic E-state index is 12.1. The molecule has 3 unspecified atom stereocenters. The van der Waals surface area contributed by atoms with Gasteiger partial charge in [0.2, 0.25) is 0 Å². The lowest BCUT2D eigenvalue weighted by atomic mass is 9.89. The molecule has 0 spiro atoms. The molecule has 1 saturated heterocycles. The van der Waals surface area contributed by atoms with Gasteiger partial charge < -0.3 is 15.2 Å². The monoisotopic (exact) mass is 235 g/mol. The van der Waals surface area contributed by atoms with Crippen molar-refractivity contribution in [2.24, 2.45) is 13.0 Å². The number of rotatable bonds is 2. The smallest absolute Gasteiger partial charge is 0.268 e. The van der Waals surface area contributed by atoms with E-state index in [9.17, 15) is 4.79 Å². The Morgan fingerprint density at radius 3 is 2.88 bits per heavy atom. The van der Waals surface area contributed by atoms with E-state index in [2.05, 4.69) is 24.5 Å². The molecule has 0 aliphatic carbocycles. The molecule has 1 aliphatic rings. The van der Waals surface area contributed by atoms with Crippen LogP contribution in [-0.4, -0.2) is 29.1 Å². The van der Waals surface area contributed by atoms with Gasteiger partial charge in [-0.1, -0.05) is 6.92 Å². The maximum Gasteiger partial charge on any atom is 0.268 e. The zero-order chi connectivity index (χ0) is 12.4. The number of amides is 1. The summed E-state index contributed by atoms with van der Waals surface area (Å²) in [6.07, 6.45) is 3.00. The molecule has 2 heterocycles. The lowest BCUT2D eigenvalue weighted by Gasteiger charge is -2.36. The molecule has 94 valence electrons. The van der Waals surface area contributed by atoms with Crippen molar-refractivity contribution in [1.29, 1.82) is 0 Å². The molecular weight excluding hydrogens is 214 g/mol. The predicted octanol–water partition coefficient (Wildman–Crippen LogP) is 1.14. The molecule has 1 aromatic rings. The highest BCUT2D eigenvalue weighted by Gasteiger charge is 2.29. The van der Waals surface area contributed by atoms with Gasteiger partial charge >= 0.3 is 0 Å². The van der Waals surface area contributed by atoms with Crippen LogP contribution in [0.4, 0.5) is 0 Å². The number of carbonyl (C=O) groups excluding carboxylic acids is 1. The van der Waals surface area contributed by atoms with Crippen LogP contribution in [-0.2, 0) is 7.05 Å². The van der Waals surface area contributed by atoms with Crippen molar-refractivity contribution in [3.8, 4) is 0 Å². The molecule has 2 N–H and O–H groups in total. The van der Waals surface area contributed by atoms with Crippen molar-refractivity contribution in [3.63, 3.8) is 0 Å². The number of nitrogens with zero attached hydrogens (tertiary/aromatic N) is 1. The van der Waals surface area contributed by atoms with Gasteiger partial charge in [0.25, 0.3) is 5.91 Å². The molecule has 0 radical (unpaired) electrons. The Labute approximate surface area is 102 Å². The number of aromatic nitrogens is 1. The molecule has 4 heteroatoms. The Kier molecular flexibility index (Phi) is 3.52. The zero-order valence-corrected chi connectivity index (χ0v) is 10.7. The van der Waals surface area contributed by atoms with Crippen LogP contribution in [0, 0.1) is 5.92 Å². The Morgan fingerprint density at radius 1 is 1.53 bits per heavy atom. The van der Waals surface area contributed by atoms with Crippen LogP contribution in [0.2, 0.25) is 0 Å². The van der Waals surface area contributed by atoms with Crippen LogP contribution >= 0.6 is 0 Å². The Morgan fingerprint density at radius 2 is 2.29 bits per heavy atom. The first-order valence-electron chi connectivity index (χ1n) is 6.25. The van der Waals surface area contributed by atoms with Gasteiger partial charge in [0.1, 0.15) is 5.69 Å². The third-order valence-electron chi connectivity index (χ3n) is 3.69. The normalized spacial score (nSPS) is 29.0. The van der Waals surface area contributed by atoms with Crippen LogP contribution < -0.4 is 10.6 Å². The highest BCUT2D eigenvalue weighted by Crippen LogP contribution is 2.16. The van der Waals surface area contributed by atoms with Crippen LogP contribution in [0.25, 0.3) is 0 Å². The van der Waals surface area contributed by atoms with Crippen LogP contribution in [0.5, 0.6) is 0 Å². The van der Waals surface area contributed by atoms with Crippen LogP contribution in [0.15, 0.2) is 18.3 Å². The second kappa shape index (κ2) is 4.92. The van der Waals surface area contributed by atoms with Gasteiger partial charge in [-0.25, -0.2) is 0 Å². The van der Waals surface area contributed by atoms with E-state index in [1.807, 2.05) is 29.9 Å². The first-order chi connectivity index (χ1) is 8.09. The fourth-order valence-electron chi connectivity index (χ4n) is 2.53. The topological polar surface area (TPSA) is 46.1 Å². The van der Waals surface area contributed by atoms with Crippen molar-refractivity contribution in [1.82, 2.24) is 15.2 Å². The Hall–Kier alpha value is -1.29. The molecule has 1 aromatic heterocycles. The molecule has 1 amide bonds. The molecule has 0 aromatic carbocycles. The van der Waals surface area contributed by atoms with E-state index in [-0.39, 0.29) is 11.9 Å². The summed E-state index contributed by atoms with van der Waals surface area (Å²) in [6.45, 7) is 5.37. The quantitative estimate of drug-likeness (QED) is 0.807. The van der Waals surface area contributed by atoms with E-state index in [4.69, 9.17) is 0 Å². The average Bonchev–Trinajstić information content (AvgIpc) is 2.70. The summed E-state index contributed by atoms with van der Waals surface area (Å²) < 4.78 is 1.85. The van der Waals surface area contributed by atoms with E-state index in [0.29, 0.717) is 12.0 Å². The summed E-state index contributed by atoms with van der Waals surface area (Å²) in [4.78, 5) is 12.1. The number of piperidine rings is 1. The van der Waals surface area contributed by atoms with E-state index in [1.165, 1.54) is 0 Å². The van der Waals surface area contributed by atoms with Crippen molar-refractivity contribution < 1.29 is 4.79 Å². The Bertz CT molecular complexity index is 389. The minimum Gasteiger partial charge on any atom is -0.347 e. The molecular formula is C13H21N3O. The first kappa shape index (κ1) is 12.2. The number of nitrogens with one attached hydrogen (secondary N) is 2. The standard InChI is InChI=1S/C13H21N3O/c1-9-6-7-14-10(2)12(9)15-13(17)11-5-4-8-16(11)3/h4-5,8-10,12,14H,6-7H2,1-3H3,(H,15,17). The van der Waals surface area contributed by atoms with Gasteiger partial charge in [0.15, 0.2) is 0 Å². The summed E-state index contributed by atoms with van der Waals surface area (Å²) in [5.74, 6) is 0.542. The van der Waals surface area contributed by atoms with Crippen LogP contribution in [0.3, 0.4) is 0 Å². The van der Waals surface area contributed by atoms with Crippen molar-refractivity contribution in [3.05, 3.63) is 24.0 Å². The summed E-state index contributed by atoms with van der Waals surface area (Å²) in [5.41, 5.74) is 0.718.